The van der Waals surface area contributed by atoms with Crippen LogP contribution >= 0.6 is 11.8 Å². The molecule has 7 nitrogen and oxygen atoms in total. The number of thioether (sulfide) groups is 1. The van der Waals surface area contributed by atoms with E-state index >= 15 is 0 Å². The van der Waals surface area contributed by atoms with Gasteiger partial charge in [0.15, 0.2) is 0 Å². The number of pyridine rings is 1. The van der Waals surface area contributed by atoms with Gasteiger partial charge in [0.2, 0.25) is 5.91 Å². The number of hydrogen-bond acceptors (Lipinski definition) is 7. The Bertz CT molecular complexity index is 947. The molecule has 0 radical (unpaired) electrons. The highest BCUT2D eigenvalue weighted by Gasteiger charge is 2.24. The predicted molar refractivity (Wildman–Crippen MR) is 126 cm³/mol. The molecule has 2 aromatic rings. The maximum Gasteiger partial charge on any atom is 0.240 e. The monoisotopic (exact) mass is 438 g/mol. The van der Waals surface area contributed by atoms with E-state index in [1.165, 1.54) is 0 Å². The third-order valence-electron chi connectivity index (χ3n) is 6.14. The van der Waals surface area contributed by atoms with Gasteiger partial charge in [0, 0.05) is 49.6 Å². The smallest absolute Gasteiger partial charge is 0.240 e. The summed E-state index contributed by atoms with van der Waals surface area (Å²) in [4.78, 5) is 23.5. The van der Waals surface area contributed by atoms with Crippen molar-refractivity contribution in [3.8, 4) is 6.07 Å². The van der Waals surface area contributed by atoms with Gasteiger partial charge in [-0.25, -0.2) is 4.98 Å². The Hall–Kier alpha value is -2.34. The van der Waals surface area contributed by atoms with Crippen LogP contribution in [-0.2, 0) is 4.79 Å². The van der Waals surface area contributed by atoms with E-state index in [0.717, 1.165) is 86.8 Å². The highest BCUT2D eigenvalue weighted by Crippen LogP contribution is 2.27. The summed E-state index contributed by atoms with van der Waals surface area (Å²) in [5, 5.41) is 10.4. The van der Waals surface area contributed by atoms with Crippen molar-refractivity contribution in [1.82, 2.24) is 14.8 Å². The number of hydrogen-bond donors (Lipinski definition) is 1. The van der Waals surface area contributed by atoms with Crippen LogP contribution in [0.5, 0.6) is 0 Å². The highest BCUT2D eigenvalue weighted by molar-refractivity contribution is 7.99. The number of aromatic nitrogens is 1. The minimum Gasteiger partial charge on any atom is -0.368 e. The van der Waals surface area contributed by atoms with Crippen LogP contribution in [0.25, 0.3) is 10.9 Å². The molecule has 1 aromatic carbocycles. The number of unbranched alkanes of at least 4 members (excludes halogenated alkanes) is 1. The first-order chi connectivity index (χ1) is 15.2. The van der Waals surface area contributed by atoms with Crippen molar-refractivity contribution in [2.45, 2.75) is 25.3 Å². The van der Waals surface area contributed by atoms with E-state index in [1.54, 1.807) is 11.8 Å². The average Bonchev–Trinajstić information content (AvgIpc) is 3.36. The standard InChI is InChI=1S/C23H30N6OS/c24-16-18-15-22(19-5-1-2-7-21(19)26-18)28-11-9-27(10-12-28)8-4-3-6-20(25)23(30)29-13-14-31-17-29/h1-2,5,7,15,20H,3-4,6,8-14,17,25H2/t20-/m0/s1. The number of nitrogens with zero attached hydrogens (tertiary/aromatic N) is 5. The second-order valence-electron chi connectivity index (χ2n) is 8.23. The molecule has 31 heavy (non-hydrogen) atoms. The number of piperazine rings is 1. The first-order valence-corrected chi connectivity index (χ1v) is 12.2. The summed E-state index contributed by atoms with van der Waals surface area (Å²) >= 11 is 1.80. The number of anilines is 1. The Kier molecular flexibility index (Phi) is 7.28. The molecule has 2 aliphatic heterocycles. The normalized spacial score (nSPS) is 18.3. The molecule has 0 spiro atoms. The van der Waals surface area contributed by atoms with Crippen molar-refractivity contribution in [2.24, 2.45) is 5.73 Å². The summed E-state index contributed by atoms with van der Waals surface area (Å²) in [5.41, 5.74) is 8.56. The number of carbonyl (C=O) groups excluding carboxylic acids is 1. The van der Waals surface area contributed by atoms with E-state index < -0.39 is 0 Å². The van der Waals surface area contributed by atoms with E-state index in [1.807, 2.05) is 29.2 Å². The summed E-state index contributed by atoms with van der Waals surface area (Å²) in [7, 11) is 0. The summed E-state index contributed by atoms with van der Waals surface area (Å²) < 4.78 is 0. The summed E-state index contributed by atoms with van der Waals surface area (Å²) in [5.74, 6) is 1.93. The Morgan fingerprint density at radius 3 is 2.74 bits per heavy atom. The molecule has 0 aliphatic carbocycles. The SMILES string of the molecule is N#Cc1cc(N2CCN(CCCC[C@H](N)C(=O)N3CCSC3)CC2)c2ccccc2n1. The van der Waals surface area contributed by atoms with Crippen molar-refractivity contribution >= 4 is 34.3 Å². The summed E-state index contributed by atoms with van der Waals surface area (Å²) in [6.07, 6.45) is 2.81. The lowest BCUT2D eigenvalue weighted by Gasteiger charge is -2.36. The van der Waals surface area contributed by atoms with Crippen LogP contribution < -0.4 is 10.6 Å². The van der Waals surface area contributed by atoms with Crippen LogP contribution in [0.4, 0.5) is 5.69 Å². The lowest BCUT2D eigenvalue weighted by Crippen LogP contribution is -2.46. The van der Waals surface area contributed by atoms with E-state index in [-0.39, 0.29) is 11.9 Å². The number of benzene rings is 1. The van der Waals surface area contributed by atoms with Crippen molar-refractivity contribution in [3.05, 3.63) is 36.0 Å². The van der Waals surface area contributed by atoms with E-state index in [2.05, 4.69) is 26.9 Å². The van der Waals surface area contributed by atoms with Gasteiger partial charge in [-0.3, -0.25) is 9.69 Å². The minimum absolute atomic E-state index is 0.111. The zero-order valence-corrected chi connectivity index (χ0v) is 18.7. The number of amides is 1. The number of carbonyl (C=O) groups is 1. The summed E-state index contributed by atoms with van der Waals surface area (Å²) in [6.45, 7) is 5.73. The Labute approximate surface area is 188 Å². The fourth-order valence-corrected chi connectivity index (χ4v) is 5.29. The molecule has 1 aromatic heterocycles. The Morgan fingerprint density at radius 1 is 1.19 bits per heavy atom. The molecule has 1 amide bonds. The van der Waals surface area contributed by atoms with Crippen LogP contribution in [-0.4, -0.2) is 77.6 Å². The van der Waals surface area contributed by atoms with Gasteiger partial charge in [0.05, 0.1) is 17.4 Å². The summed E-state index contributed by atoms with van der Waals surface area (Å²) in [6, 6.07) is 11.8. The van der Waals surface area contributed by atoms with E-state index in [0.29, 0.717) is 5.69 Å². The van der Waals surface area contributed by atoms with Crippen molar-refractivity contribution in [3.63, 3.8) is 0 Å². The van der Waals surface area contributed by atoms with Crippen LogP contribution in [0.2, 0.25) is 0 Å². The van der Waals surface area contributed by atoms with Crippen molar-refractivity contribution in [2.75, 3.05) is 55.8 Å². The number of para-hydroxylation sites is 1. The quantitative estimate of drug-likeness (QED) is 0.663. The predicted octanol–water partition coefficient (Wildman–Crippen LogP) is 2.26. The minimum atomic E-state index is -0.357. The van der Waals surface area contributed by atoms with Crippen LogP contribution in [0.1, 0.15) is 25.0 Å². The first-order valence-electron chi connectivity index (χ1n) is 11.0. The van der Waals surface area contributed by atoms with Gasteiger partial charge >= 0.3 is 0 Å². The van der Waals surface area contributed by atoms with Gasteiger partial charge in [-0.2, -0.15) is 5.26 Å². The second kappa shape index (κ2) is 10.3. The average molecular weight is 439 g/mol. The number of nitrogens with two attached hydrogens (primary N) is 1. The van der Waals surface area contributed by atoms with Crippen molar-refractivity contribution in [1.29, 1.82) is 5.26 Å². The highest BCUT2D eigenvalue weighted by atomic mass is 32.2. The third kappa shape index (κ3) is 5.29. The number of rotatable bonds is 7. The fraction of sp³-hybridized carbons (Fsp3) is 0.522. The van der Waals surface area contributed by atoms with Gasteiger partial charge in [-0.15, -0.1) is 11.8 Å². The van der Waals surface area contributed by atoms with Gasteiger partial charge in [-0.1, -0.05) is 24.6 Å². The molecule has 1 atom stereocenters. The molecule has 3 heterocycles. The van der Waals surface area contributed by atoms with E-state index in [9.17, 15) is 10.1 Å². The van der Waals surface area contributed by atoms with Crippen LogP contribution in [0, 0.1) is 11.3 Å². The molecule has 2 N–H and O–H groups in total. The zero-order valence-electron chi connectivity index (χ0n) is 17.9. The zero-order chi connectivity index (χ0) is 21.6. The topological polar surface area (TPSA) is 89.5 Å². The molecule has 164 valence electrons. The van der Waals surface area contributed by atoms with Crippen LogP contribution in [0.15, 0.2) is 30.3 Å². The molecule has 0 saturated carbocycles. The van der Waals surface area contributed by atoms with E-state index in [4.69, 9.17) is 5.73 Å². The second-order valence-corrected chi connectivity index (χ2v) is 9.30. The Balaban J connectivity index is 1.24. The molecular formula is C23H30N6OS. The van der Waals surface area contributed by atoms with Crippen LogP contribution in [0.3, 0.4) is 0 Å². The molecule has 0 bridgehead atoms. The maximum absolute atomic E-state index is 12.3. The van der Waals surface area contributed by atoms with Gasteiger partial charge in [0.25, 0.3) is 0 Å². The third-order valence-corrected chi connectivity index (χ3v) is 7.11. The van der Waals surface area contributed by atoms with Gasteiger partial charge in [-0.05, 0) is 31.5 Å². The van der Waals surface area contributed by atoms with Gasteiger partial charge < -0.3 is 15.5 Å². The number of fused-ring (bicyclic) bond motifs is 1. The molecule has 8 heteroatoms. The molecule has 2 aliphatic rings. The molecule has 2 saturated heterocycles. The van der Waals surface area contributed by atoms with Crippen molar-refractivity contribution < 1.29 is 4.79 Å². The fourth-order valence-electron chi connectivity index (χ4n) is 4.33. The van der Waals surface area contributed by atoms with Gasteiger partial charge in [0.1, 0.15) is 11.8 Å². The number of nitriles is 1. The maximum atomic E-state index is 12.3. The Morgan fingerprint density at radius 2 is 2.00 bits per heavy atom. The largest absolute Gasteiger partial charge is 0.368 e. The first kappa shape index (κ1) is 21.9. The molecular weight excluding hydrogens is 408 g/mol. The lowest BCUT2D eigenvalue weighted by atomic mass is 10.1. The molecule has 4 rings (SSSR count). The molecule has 0 unspecified atom stereocenters. The lowest BCUT2D eigenvalue weighted by molar-refractivity contribution is -0.131. The molecule has 2 fully saturated rings.